The van der Waals surface area contributed by atoms with Crippen LogP contribution in [0.2, 0.25) is 0 Å². The van der Waals surface area contributed by atoms with Crippen molar-refractivity contribution < 1.29 is 18.3 Å². The molecule has 3 aromatic rings. The summed E-state index contributed by atoms with van der Waals surface area (Å²) in [5.74, 6) is 0.380. The Labute approximate surface area is 134 Å². The number of aromatic nitrogens is 4. The van der Waals surface area contributed by atoms with Gasteiger partial charge in [0.1, 0.15) is 11.8 Å². The molecule has 0 spiro atoms. The Morgan fingerprint density at radius 1 is 1.17 bits per heavy atom. The van der Waals surface area contributed by atoms with E-state index in [0.29, 0.717) is 11.5 Å². The van der Waals surface area contributed by atoms with E-state index in [0.717, 1.165) is 12.1 Å². The van der Waals surface area contributed by atoms with E-state index in [1.54, 1.807) is 12.1 Å². The topological polar surface area (TPSA) is 89.8 Å². The van der Waals surface area contributed by atoms with Gasteiger partial charge in [0.05, 0.1) is 11.8 Å². The van der Waals surface area contributed by atoms with Crippen LogP contribution in [-0.2, 0) is 6.18 Å². The number of pyridine rings is 1. The smallest absolute Gasteiger partial charge is 0.399 e. The van der Waals surface area contributed by atoms with Crippen LogP contribution in [0.25, 0.3) is 5.82 Å². The van der Waals surface area contributed by atoms with Gasteiger partial charge in [-0.1, -0.05) is 17.3 Å². The van der Waals surface area contributed by atoms with Crippen LogP contribution in [0.5, 0.6) is 0 Å². The van der Waals surface area contributed by atoms with E-state index in [4.69, 9.17) is 5.73 Å². The standard InChI is InChI=1S/C15H12F3N5O/c16-15(17,18)10-3-1-2-9(6-10)14(24)12-8-23(22-21-12)13-7-11(19)4-5-20-13/h1-8,14,24H,(H2,19,20). The maximum atomic E-state index is 12.8. The summed E-state index contributed by atoms with van der Waals surface area (Å²) in [6, 6.07) is 7.57. The summed E-state index contributed by atoms with van der Waals surface area (Å²) in [6.07, 6.45) is -2.97. The van der Waals surface area contributed by atoms with Gasteiger partial charge in [-0.3, -0.25) is 0 Å². The minimum absolute atomic E-state index is 0.0670. The molecule has 0 bridgehead atoms. The Morgan fingerprint density at radius 2 is 1.96 bits per heavy atom. The highest BCUT2D eigenvalue weighted by molar-refractivity contribution is 5.42. The summed E-state index contributed by atoms with van der Waals surface area (Å²) >= 11 is 0. The van der Waals surface area contributed by atoms with Crippen LogP contribution in [0.4, 0.5) is 18.9 Å². The Hall–Kier alpha value is -2.94. The molecule has 124 valence electrons. The molecule has 3 N–H and O–H groups in total. The molecule has 9 heteroatoms. The lowest BCUT2D eigenvalue weighted by molar-refractivity contribution is -0.137. The van der Waals surface area contributed by atoms with Gasteiger partial charge < -0.3 is 10.8 Å². The number of anilines is 1. The van der Waals surface area contributed by atoms with Crippen molar-refractivity contribution in [3.05, 3.63) is 65.6 Å². The molecule has 0 radical (unpaired) electrons. The predicted octanol–water partition coefficient (Wildman–Crippen LogP) is 2.34. The molecule has 2 heterocycles. The number of alkyl halides is 3. The third-order valence-electron chi connectivity index (χ3n) is 3.33. The number of benzene rings is 1. The van der Waals surface area contributed by atoms with Crippen molar-refractivity contribution in [1.29, 1.82) is 0 Å². The monoisotopic (exact) mass is 335 g/mol. The minimum atomic E-state index is -4.49. The van der Waals surface area contributed by atoms with Gasteiger partial charge in [-0.2, -0.15) is 13.2 Å². The molecule has 0 fully saturated rings. The summed E-state index contributed by atoms with van der Waals surface area (Å²) < 4.78 is 39.6. The first-order valence-electron chi connectivity index (χ1n) is 6.84. The van der Waals surface area contributed by atoms with Crippen molar-refractivity contribution in [2.45, 2.75) is 12.3 Å². The van der Waals surface area contributed by atoms with Crippen LogP contribution >= 0.6 is 0 Å². The second kappa shape index (κ2) is 5.93. The zero-order valence-electron chi connectivity index (χ0n) is 12.1. The molecule has 24 heavy (non-hydrogen) atoms. The van der Waals surface area contributed by atoms with Crippen molar-refractivity contribution in [1.82, 2.24) is 20.0 Å². The molecule has 1 unspecified atom stereocenters. The maximum Gasteiger partial charge on any atom is 0.416 e. The summed E-state index contributed by atoms with van der Waals surface area (Å²) in [5.41, 5.74) is 5.44. The van der Waals surface area contributed by atoms with Gasteiger partial charge in [0.25, 0.3) is 0 Å². The van der Waals surface area contributed by atoms with Gasteiger partial charge in [0.2, 0.25) is 0 Å². The SMILES string of the molecule is Nc1ccnc(-n2cc(C(O)c3cccc(C(F)(F)F)c3)nn2)c1. The Morgan fingerprint density at radius 3 is 2.67 bits per heavy atom. The lowest BCUT2D eigenvalue weighted by atomic mass is 10.0. The molecule has 6 nitrogen and oxygen atoms in total. The van der Waals surface area contributed by atoms with Crippen molar-refractivity contribution in [2.75, 3.05) is 5.73 Å². The van der Waals surface area contributed by atoms with E-state index in [1.165, 1.54) is 29.2 Å². The van der Waals surface area contributed by atoms with Crippen molar-refractivity contribution in [3.8, 4) is 5.82 Å². The molecule has 0 saturated heterocycles. The van der Waals surface area contributed by atoms with E-state index in [9.17, 15) is 18.3 Å². The van der Waals surface area contributed by atoms with E-state index in [1.807, 2.05) is 0 Å². The number of aliphatic hydroxyl groups excluding tert-OH is 1. The number of rotatable bonds is 3. The molecule has 0 amide bonds. The third kappa shape index (κ3) is 3.20. The van der Waals surface area contributed by atoms with Crippen LogP contribution in [0.1, 0.15) is 22.9 Å². The number of hydrogen-bond acceptors (Lipinski definition) is 5. The second-order valence-electron chi connectivity index (χ2n) is 5.06. The summed E-state index contributed by atoms with van der Waals surface area (Å²) in [5, 5.41) is 17.9. The van der Waals surface area contributed by atoms with Crippen LogP contribution in [0.15, 0.2) is 48.8 Å². The Bertz CT molecular complexity index is 862. The van der Waals surface area contributed by atoms with E-state index in [-0.39, 0.29) is 11.3 Å². The fraction of sp³-hybridized carbons (Fsp3) is 0.133. The van der Waals surface area contributed by atoms with Crippen molar-refractivity contribution in [2.24, 2.45) is 0 Å². The predicted molar refractivity (Wildman–Crippen MR) is 79.1 cm³/mol. The zero-order valence-corrected chi connectivity index (χ0v) is 12.1. The van der Waals surface area contributed by atoms with E-state index < -0.39 is 17.8 Å². The molecule has 1 atom stereocenters. The second-order valence-corrected chi connectivity index (χ2v) is 5.06. The number of hydrogen-bond donors (Lipinski definition) is 2. The number of nitrogens with zero attached hydrogens (tertiary/aromatic N) is 4. The first-order chi connectivity index (χ1) is 11.3. The molecule has 2 aromatic heterocycles. The van der Waals surface area contributed by atoms with Crippen LogP contribution in [0, 0.1) is 0 Å². The average molecular weight is 335 g/mol. The molecule has 3 rings (SSSR count). The van der Waals surface area contributed by atoms with Crippen LogP contribution in [0.3, 0.4) is 0 Å². The lowest BCUT2D eigenvalue weighted by Gasteiger charge is -2.11. The van der Waals surface area contributed by atoms with E-state index in [2.05, 4.69) is 15.3 Å². The quantitative estimate of drug-likeness (QED) is 0.767. The molecular formula is C15H12F3N5O. The largest absolute Gasteiger partial charge is 0.416 e. The molecule has 0 aliphatic carbocycles. The van der Waals surface area contributed by atoms with Crippen molar-refractivity contribution >= 4 is 5.69 Å². The first kappa shape index (κ1) is 15.9. The number of halogens is 3. The Kier molecular flexibility index (Phi) is 3.94. The number of aliphatic hydroxyl groups is 1. The van der Waals surface area contributed by atoms with Gasteiger partial charge in [-0.25, -0.2) is 9.67 Å². The van der Waals surface area contributed by atoms with Gasteiger partial charge in [-0.05, 0) is 23.8 Å². The minimum Gasteiger partial charge on any atom is -0.399 e. The normalized spacial score (nSPS) is 13.0. The third-order valence-corrected chi connectivity index (χ3v) is 3.33. The van der Waals surface area contributed by atoms with Gasteiger partial charge in [0.15, 0.2) is 5.82 Å². The fourth-order valence-corrected chi connectivity index (χ4v) is 2.13. The van der Waals surface area contributed by atoms with E-state index >= 15 is 0 Å². The number of nitrogens with two attached hydrogens (primary N) is 1. The molecule has 0 saturated carbocycles. The summed E-state index contributed by atoms with van der Waals surface area (Å²) in [7, 11) is 0. The molecule has 0 aliphatic rings. The maximum absolute atomic E-state index is 12.8. The fourth-order valence-electron chi connectivity index (χ4n) is 2.13. The summed E-state index contributed by atoms with van der Waals surface area (Å²) in [4.78, 5) is 4.05. The highest BCUT2D eigenvalue weighted by Gasteiger charge is 2.31. The number of nitrogen functional groups attached to an aromatic ring is 1. The lowest BCUT2D eigenvalue weighted by Crippen LogP contribution is -2.07. The highest BCUT2D eigenvalue weighted by Crippen LogP contribution is 2.31. The molecular weight excluding hydrogens is 323 g/mol. The van der Waals surface area contributed by atoms with Crippen LogP contribution in [-0.4, -0.2) is 25.1 Å². The summed E-state index contributed by atoms with van der Waals surface area (Å²) in [6.45, 7) is 0. The van der Waals surface area contributed by atoms with Crippen LogP contribution < -0.4 is 5.73 Å². The first-order valence-corrected chi connectivity index (χ1v) is 6.84. The van der Waals surface area contributed by atoms with Gasteiger partial charge in [-0.15, -0.1) is 5.10 Å². The van der Waals surface area contributed by atoms with Gasteiger partial charge in [0, 0.05) is 18.0 Å². The average Bonchev–Trinajstić information content (AvgIpc) is 3.03. The zero-order chi connectivity index (χ0) is 17.3. The Balaban J connectivity index is 1.90. The molecule has 0 aliphatic heterocycles. The van der Waals surface area contributed by atoms with Gasteiger partial charge >= 0.3 is 6.18 Å². The van der Waals surface area contributed by atoms with Crippen molar-refractivity contribution in [3.63, 3.8) is 0 Å². The highest BCUT2D eigenvalue weighted by atomic mass is 19.4. The molecule has 1 aromatic carbocycles.